The molecule has 0 aliphatic heterocycles. The smallest absolute Gasteiger partial charge is 0.251 e. The molecule has 1 aromatic heterocycles. The van der Waals surface area contributed by atoms with E-state index in [1.807, 2.05) is 6.07 Å². The molecule has 6 heteroatoms. The molecular weight excluding hydrogens is 232 g/mol. The van der Waals surface area contributed by atoms with E-state index in [0.29, 0.717) is 18.5 Å². The van der Waals surface area contributed by atoms with E-state index in [2.05, 4.69) is 15.6 Å². The Labute approximate surface area is 104 Å². The van der Waals surface area contributed by atoms with Gasteiger partial charge in [-0.05, 0) is 24.6 Å². The zero-order valence-electron chi connectivity index (χ0n) is 9.78. The van der Waals surface area contributed by atoms with E-state index >= 15 is 0 Å². The highest BCUT2D eigenvalue weighted by Crippen LogP contribution is 2.08. The highest BCUT2D eigenvalue weighted by molar-refractivity contribution is 5.94. The lowest BCUT2D eigenvalue weighted by molar-refractivity contribution is 0.0951. The van der Waals surface area contributed by atoms with Gasteiger partial charge in [0.25, 0.3) is 5.91 Å². The Morgan fingerprint density at radius 3 is 3.06 bits per heavy atom. The lowest BCUT2D eigenvalue weighted by Gasteiger charge is -2.06. The molecule has 0 saturated carbocycles. The number of hydrogen-bond acceptors (Lipinski definition) is 4. The van der Waals surface area contributed by atoms with Crippen LogP contribution in [-0.2, 0) is 0 Å². The first-order valence-corrected chi connectivity index (χ1v) is 5.67. The van der Waals surface area contributed by atoms with Crippen molar-refractivity contribution in [1.82, 2.24) is 20.3 Å². The number of aromatic nitrogens is 3. The molecule has 0 spiro atoms. The summed E-state index contributed by atoms with van der Waals surface area (Å²) in [6.07, 6.45) is 3.84. The molecule has 94 valence electrons. The van der Waals surface area contributed by atoms with Crippen LogP contribution < -0.4 is 5.32 Å². The number of hydrogen-bond donors (Lipinski definition) is 2. The molecule has 0 radical (unpaired) electrons. The van der Waals surface area contributed by atoms with Crippen molar-refractivity contribution in [2.75, 3.05) is 13.2 Å². The summed E-state index contributed by atoms with van der Waals surface area (Å²) >= 11 is 0. The van der Waals surface area contributed by atoms with E-state index in [1.165, 1.54) is 0 Å². The Bertz CT molecular complexity index is 511. The standard InChI is InChI=1S/C12H14N4O2/c17-8-2-5-13-12(18)10-3-1-4-11(9-10)16-7-6-14-15-16/h1,3-4,6-7,9,17H,2,5,8H2,(H,13,18). The van der Waals surface area contributed by atoms with Crippen molar-refractivity contribution in [1.29, 1.82) is 0 Å². The molecule has 1 heterocycles. The number of nitrogens with one attached hydrogen (secondary N) is 1. The molecule has 1 aromatic carbocycles. The Hall–Kier alpha value is -2.21. The summed E-state index contributed by atoms with van der Waals surface area (Å²) < 4.78 is 1.59. The minimum absolute atomic E-state index is 0.0687. The third-order valence-corrected chi connectivity index (χ3v) is 2.42. The molecule has 18 heavy (non-hydrogen) atoms. The Morgan fingerprint density at radius 2 is 2.33 bits per heavy atom. The maximum absolute atomic E-state index is 11.8. The van der Waals surface area contributed by atoms with E-state index in [9.17, 15) is 4.79 Å². The molecule has 2 aromatic rings. The number of amides is 1. The van der Waals surface area contributed by atoms with Gasteiger partial charge in [-0.3, -0.25) is 4.79 Å². The predicted octanol–water partition coefficient (Wildman–Crippen LogP) is 0.379. The van der Waals surface area contributed by atoms with Crippen LogP contribution in [0.25, 0.3) is 5.69 Å². The van der Waals surface area contributed by atoms with Gasteiger partial charge in [0.1, 0.15) is 0 Å². The van der Waals surface area contributed by atoms with Gasteiger partial charge in [-0.15, -0.1) is 5.10 Å². The fourth-order valence-corrected chi connectivity index (χ4v) is 1.52. The third kappa shape index (κ3) is 2.92. The first kappa shape index (κ1) is 12.3. The van der Waals surface area contributed by atoms with Crippen molar-refractivity contribution < 1.29 is 9.90 Å². The zero-order chi connectivity index (χ0) is 12.8. The van der Waals surface area contributed by atoms with Gasteiger partial charge in [-0.25, -0.2) is 4.68 Å². The second-order valence-electron chi connectivity index (χ2n) is 3.73. The van der Waals surface area contributed by atoms with Crippen molar-refractivity contribution in [2.24, 2.45) is 0 Å². The summed E-state index contributed by atoms with van der Waals surface area (Å²) in [7, 11) is 0. The van der Waals surface area contributed by atoms with E-state index in [0.717, 1.165) is 5.69 Å². The lowest BCUT2D eigenvalue weighted by Crippen LogP contribution is -2.25. The van der Waals surface area contributed by atoms with Gasteiger partial charge in [-0.2, -0.15) is 0 Å². The molecule has 1 amide bonds. The lowest BCUT2D eigenvalue weighted by atomic mass is 10.2. The van der Waals surface area contributed by atoms with Crippen LogP contribution in [-0.4, -0.2) is 39.2 Å². The first-order chi connectivity index (χ1) is 8.81. The van der Waals surface area contributed by atoms with E-state index in [4.69, 9.17) is 5.11 Å². The van der Waals surface area contributed by atoms with Crippen LogP contribution in [0.3, 0.4) is 0 Å². The average molecular weight is 246 g/mol. The molecular formula is C12H14N4O2. The average Bonchev–Trinajstić information content (AvgIpc) is 2.93. The number of carbonyl (C=O) groups is 1. The normalized spacial score (nSPS) is 10.3. The highest BCUT2D eigenvalue weighted by Gasteiger charge is 2.06. The van der Waals surface area contributed by atoms with Gasteiger partial charge in [0.2, 0.25) is 0 Å². The molecule has 0 aliphatic carbocycles. The van der Waals surface area contributed by atoms with Gasteiger partial charge in [0.15, 0.2) is 0 Å². The van der Waals surface area contributed by atoms with Crippen LogP contribution in [0.1, 0.15) is 16.8 Å². The maximum atomic E-state index is 11.8. The monoisotopic (exact) mass is 246 g/mol. The van der Waals surface area contributed by atoms with E-state index in [1.54, 1.807) is 35.3 Å². The number of nitrogens with zero attached hydrogens (tertiary/aromatic N) is 3. The van der Waals surface area contributed by atoms with Crippen LogP contribution in [0, 0.1) is 0 Å². The van der Waals surface area contributed by atoms with Crippen molar-refractivity contribution in [3.05, 3.63) is 42.2 Å². The molecule has 0 unspecified atom stereocenters. The van der Waals surface area contributed by atoms with Gasteiger partial charge in [0.05, 0.1) is 18.1 Å². The Morgan fingerprint density at radius 1 is 1.44 bits per heavy atom. The van der Waals surface area contributed by atoms with Crippen molar-refractivity contribution in [2.45, 2.75) is 6.42 Å². The number of benzene rings is 1. The van der Waals surface area contributed by atoms with E-state index < -0.39 is 0 Å². The molecule has 0 aliphatic rings. The minimum atomic E-state index is -0.162. The van der Waals surface area contributed by atoms with Gasteiger partial charge < -0.3 is 10.4 Å². The summed E-state index contributed by atoms with van der Waals surface area (Å²) in [6.45, 7) is 0.530. The second-order valence-corrected chi connectivity index (χ2v) is 3.73. The van der Waals surface area contributed by atoms with Crippen LogP contribution in [0.15, 0.2) is 36.7 Å². The minimum Gasteiger partial charge on any atom is -0.396 e. The molecule has 2 N–H and O–H groups in total. The summed E-state index contributed by atoms with van der Waals surface area (Å²) in [5, 5.41) is 19.0. The van der Waals surface area contributed by atoms with Crippen LogP contribution in [0.2, 0.25) is 0 Å². The third-order valence-electron chi connectivity index (χ3n) is 2.42. The Balaban J connectivity index is 2.10. The number of carbonyl (C=O) groups excluding carboxylic acids is 1. The van der Waals surface area contributed by atoms with Crippen LogP contribution in [0.5, 0.6) is 0 Å². The largest absolute Gasteiger partial charge is 0.396 e. The molecule has 0 bridgehead atoms. The fraction of sp³-hybridized carbons (Fsp3) is 0.250. The first-order valence-electron chi connectivity index (χ1n) is 5.67. The van der Waals surface area contributed by atoms with Crippen molar-refractivity contribution >= 4 is 5.91 Å². The molecule has 0 fully saturated rings. The summed E-state index contributed by atoms with van der Waals surface area (Å²) in [5.74, 6) is -0.162. The van der Waals surface area contributed by atoms with Crippen LogP contribution in [0.4, 0.5) is 0 Å². The number of rotatable bonds is 5. The molecule has 0 saturated heterocycles. The summed E-state index contributed by atoms with van der Waals surface area (Å²) in [6, 6.07) is 7.11. The predicted molar refractivity (Wildman–Crippen MR) is 65.4 cm³/mol. The quantitative estimate of drug-likeness (QED) is 0.747. The fourth-order valence-electron chi connectivity index (χ4n) is 1.52. The highest BCUT2D eigenvalue weighted by atomic mass is 16.3. The second kappa shape index (κ2) is 5.92. The Kier molecular flexibility index (Phi) is 4.03. The molecule has 6 nitrogen and oxygen atoms in total. The SMILES string of the molecule is O=C(NCCCO)c1cccc(-n2ccnn2)c1. The number of aliphatic hydroxyl groups excluding tert-OH is 1. The summed E-state index contributed by atoms with van der Waals surface area (Å²) in [5.41, 5.74) is 1.34. The van der Waals surface area contributed by atoms with Gasteiger partial charge in [0, 0.05) is 18.7 Å². The molecule has 2 rings (SSSR count). The molecule has 0 atom stereocenters. The van der Waals surface area contributed by atoms with Gasteiger partial charge in [-0.1, -0.05) is 11.3 Å². The maximum Gasteiger partial charge on any atom is 0.251 e. The number of aliphatic hydroxyl groups is 1. The topological polar surface area (TPSA) is 80.0 Å². The van der Waals surface area contributed by atoms with E-state index in [-0.39, 0.29) is 12.5 Å². The van der Waals surface area contributed by atoms with Crippen molar-refractivity contribution in [3.63, 3.8) is 0 Å². The van der Waals surface area contributed by atoms with Gasteiger partial charge >= 0.3 is 0 Å². The summed E-state index contributed by atoms with van der Waals surface area (Å²) in [4.78, 5) is 11.8. The van der Waals surface area contributed by atoms with Crippen LogP contribution >= 0.6 is 0 Å². The zero-order valence-corrected chi connectivity index (χ0v) is 9.78. The van der Waals surface area contributed by atoms with Crippen molar-refractivity contribution in [3.8, 4) is 5.69 Å².